The monoisotopic (exact) mass is 325 g/mol. The van der Waals surface area contributed by atoms with Crippen LogP contribution in [0, 0.1) is 5.92 Å². The number of rotatable bonds is 6. The maximum Gasteiger partial charge on any atom is 0.355 e. The van der Waals surface area contributed by atoms with Gasteiger partial charge in [-0.2, -0.15) is 0 Å². The van der Waals surface area contributed by atoms with Gasteiger partial charge in [0.25, 0.3) is 0 Å². The van der Waals surface area contributed by atoms with Gasteiger partial charge in [-0.1, -0.05) is 12.8 Å². The maximum absolute atomic E-state index is 12.3. The van der Waals surface area contributed by atoms with E-state index in [2.05, 4.69) is 15.6 Å². The smallest absolute Gasteiger partial charge is 0.355 e. The van der Waals surface area contributed by atoms with Gasteiger partial charge in [0.1, 0.15) is 11.0 Å². The molecule has 0 bridgehead atoms. The minimum Gasteiger partial charge on any atom is -0.476 e. The van der Waals surface area contributed by atoms with Crippen molar-refractivity contribution in [2.45, 2.75) is 45.2 Å². The largest absolute Gasteiger partial charge is 0.476 e. The van der Waals surface area contributed by atoms with Crippen molar-refractivity contribution < 1.29 is 19.5 Å². The van der Waals surface area contributed by atoms with Gasteiger partial charge < -0.3 is 15.7 Å². The third kappa shape index (κ3) is 4.27. The summed E-state index contributed by atoms with van der Waals surface area (Å²) in [4.78, 5) is 38.3. The summed E-state index contributed by atoms with van der Waals surface area (Å²) in [7, 11) is 0. The van der Waals surface area contributed by atoms with E-state index in [0.29, 0.717) is 5.01 Å². The van der Waals surface area contributed by atoms with Gasteiger partial charge in [-0.25, -0.2) is 9.78 Å². The third-order valence-electron chi connectivity index (χ3n) is 3.70. The zero-order chi connectivity index (χ0) is 16.1. The van der Waals surface area contributed by atoms with Crippen molar-refractivity contribution >= 4 is 29.1 Å². The first-order valence-electron chi connectivity index (χ1n) is 7.20. The predicted molar refractivity (Wildman–Crippen MR) is 80.5 cm³/mol. The number of carboxylic acid groups (broad SMARTS) is 1. The summed E-state index contributed by atoms with van der Waals surface area (Å²) >= 11 is 1.18. The molecule has 1 fully saturated rings. The summed E-state index contributed by atoms with van der Waals surface area (Å²) < 4.78 is 0. The van der Waals surface area contributed by atoms with Crippen molar-refractivity contribution in [3.8, 4) is 0 Å². The van der Waals surface area contributed by atoms with E-state index in [9.17, 15) is 14.4 Å². The van der Waals surface area contributed by atoms with Gasteiger partial charge in [0.05, 0.1) is 6.54 Å². The van der Waals surface area contributed by atoms with Gasteiger partial charge in [0.15, 0.2) is 5.69 Å². The Bertz CT molecular complexity index is 566. The summed E-state index contributed by atoms with van der Waals surface area (Å²) in [6.07, 6.45) is 4.00. The number of carboxylic acids is 1. The molecular formula is C14H19N3O4S. The molecule has 1 aliphatic carbocycles. The first kappa shape index (κ1) is 16.4. The second-order valence-electron chi connectivity index (χ2n) is 5.37. The van der Waals surface area contributed by atoms with Crippen LogP contribution in [0.2, 0.25) is 0 Å². The van der Waals surface area contributed by atoms with Crippen LogP contribution >= 0.6 is 11.3 Å². The highest BCUT2D eigenvalue weighted by Gasteiger charge is 2.31. The molecule has 0 aromatic carbocycles. The van der Waals surface area contributed by atoms with E-state index in [1.807, 2.05) is 0 Å². The number of aromatic nitrogens is 1. The van der Waals surface area contributed by atoms with Gasteiger partial charge >= 0.3 is 5.97 Å². The number of nitrogens with zero attached hydrogens (tertiary/aromatic N) is 1. The van der Waals surface area contributed by atoms with Crippen molar-refractivity contribution in [3.05, 3.63) is 16.1 Å². The van der Waals surface area contributed by atoms with Crippen LogP contribution < -0.4 is 10.6 Å². The maximum atomic E-state index is 12.3. The molecule has 2 rings (SSSR count). The molecule has 7 nitrogen and oxygen atoms in total. The zero-order valence-electron chi connectivity index (χ0n) is 12.3. The SMILES string of the molecule is CC(=O)NC(C(=O)NCc1nc(C(=O)O)cs1)C1CCCC1. The van der Waals surface area contributed by atoms with Gasteiger partial charge in [0, 0.05) is 12.3 Å². The Morgan fingerprint density at radius 1 is 1.41 bits per heavy atom. The fourth-order valence-corrected chi connectivity index (χ4v) is 3.38. The van der Waals surface area contributed by atoms with Crippen molar-refractivity contribution in [1.82, 2.24) is 15.6 Å². The van der Waals surface area contributed by atoms with E-state index in [4.69, 9.17) is 5.11 Å². The summed E-state index contributed by atoms with van der Waals surface area (Å²) in [5, 5.41) is 16.2. The quantitative estimate of drug-likeness (QED) is 0.727. The first-order valence-corrected chi connectivity index (χ1v) is 8.08. The van der Waals surface area contributed by atoms with Crippen molar-refractivity contribution in [1.29, 1.82) is 0 Å². The summed E-state index contributed by atoms with van der Waals surface area (Å²) in [5.41, 5.74) is -0.0246. The Morgan fingerprint density at radius 2 is 2.09 bits per heavy atom. The first-order chi connectivity index (χ1) is 10.5. The highest BCUT2D eigenvalue weighted by Crippen LogP contribution is 2.28. The van der Waals surface area contributed by atoms with E-state index < -0.39 is 12.0 Å². The Kier molecular flexibility index (Phi) is 5.48. The second kappa shape index (κ2) is 7.35. The predicted octanol–water partition coefficient (Wildman–Crippen LogP) is 1.15. The molecule has 2 amide bonds. The van der Waals surface area contributed by atoms with Crippen LogP contribution in [0.4, 0.5) is 0 Å². The minimum absolute atomic E-state index is 0.0246. The van der Waals surface area contributed by atoms with E-state index in [-0.39, 0.29) is 30.0 Å². The lowest BCUT2D eigenvalue weighted by Gasteiger charge is -2.23. The van der Waals surface area contributed by atoms with Gasteiger partial charge in [0.2, 0.25) is 11.8 Å². The van der Waals surface area contributed by atoms with Crippen LogP contribution in [0.3, 0.4) is 0 Å². The Balaban J connectivity index is 1.94. The van der Waals surface area contributed by atoms with Crippen LogP contribution in [0.15, 0.2) is 5.38 Å². The van der Waals surface area contributed by atoms with Crippen molar-refractivity contribution in [2.75, 3.05) is 0 Å². The van der Waals surface area contributed by atoms with Crippen LogP contribution in [0.5, 0.6) is 0 Å². The molecule has 1 heterocycles. The van der Waals surface area contributed by atoms with Crippen molar-refractivity contribution in [3.63, 3.8) is 0 Å². The number of hydrogen-bond donors (Lipinski definition) is 3. The van der Waals surface area contributed by atoms with Gasteiger partial charge in [-0.15, -0.1) is 11.3 Å². The van der Waals surface area contributed by atoms with Crippen LogP contribution in [0.1, 0.15) is 48.1 Å². The molecule has 1 aromatic rings. The standard InChI is InChI=1S/C14H19N3O4S/c1-8(18)16-12(9-4-2-3-5-9)13(19)15-6-11-17-10(7-22-11)14(20)21/h7,9,12H,2-6H2,1H3,(H,15,19)(H,16,18)(H,20,21). The molecule has 0 saturated heterocycles. The molecule has 1 saturated carbocycles. The number of carbonyl (C=O) groups is 3. The molecule has 3 N–H and O–H groups in total. The average Bonchev–Trinajstić information content (AvgIpc) is 3.12. The molecule has 0 aliphatic heterocycles. The third-order valence-corrected chi connectivity index (χ3v) is 4.55. The molecule has 1 unspecified atom stereocenters. The Labute approximate surface area is 132 Å². The number of thiazole rings is 1. The van der Waals surface area contributed by atoms with Gasteiger partial charge in [-0.3, -0.25) is 9.59 Å². The highest BCUT2D eigenvalue weighted by molar-refractivity contribution is 7.09. The van der Waals surface area contributed by atoms with Crippen molar-refractivity contribution in [2.24, 2.45) is 5.92 Å². The Morgan fingerprint density at radius 3 is 2.64 bits per heavy atom. The average molecular weight is 325 g/mol. The molecule has 0 radical (unpaired) electrons. The van der Waals surface area contributed by atoms with E-state index >= 15 is 0 Å². The summed E-state index contributed by atoms with van der Waals surface area (Å²) in [6, 6.07) is -0.529. The molecular weight excluding hydrogens is 306 g/mol. The summed E-state index contributed by atoms with van der Waals surface area (Å²) in [5.74, 6) is -1.39. The normalized spacial score (nSPS) is 16.2. The lowest BCUT2D eigenvalue weighted by atomic mass is 9.97. The second-order valence-corrected chi connectivity index (χ2v) is 6.31. The summed E-state index contributed by atoms with van der Waals surface area (Å²) in [6.45, 7) is 1.56. The molecule has 1 atom stereocenters. The minimum atomic E-state index is -1.09. The van der Waals surface area contributed by atoms with Crippen LogP contribution in [-0.4, -0.2) is 33.9 Å². The van der Waals surface area contributed by atoms with Crippen LogP contribution in [0.25, 0.3) is 0 Å². The highest BCUT2D eigenvalue weighted by atomic mass is 32.1. The molecule has 1 aromatic heterocycles. The van der Waals surface area contributed by atoms with Crippen LogP contribution in [-0.2, 0) is 16.1 Å². The lowest BCUT2D eigenvalue weighted by Crippen LogP contribution is -2.49. The molecule has 22 heavy (non-hydrogen) atoms. The number of amides is 2. The Hall–Kier alpha value is -1.96. The molecule has 8 heteroatoms. The molecule has 0 spiro atoms. The topological polar surface area (TPSA) is 108 Å². The zero-order valence-corrected chi connectivity index (χ0v) is 13.1. The molecule has 120 valence electrons. The van der Waals surface area contributed by atoms with E-state index in [1.54, 1.807) is 0 Å². The fraction of sp³-hybridized carbons (Fsp3) is 0.571. The molecule has 1 aliphatic rings. The number of aromatic carboxylic acids is 1. The lowest BCUT2D eigenvalue weighted by molar-refractivity contribution is -0.129. The number of carbonyl (C=O) groups excluding carboxylic acids is 2. The van der Waals surface area contributed by atoms with E-state index in [1.165, 1.54) is 23.6 Å². The van der Waals surface area contributed by atoms with Gasteiger partial charge in [-0.05, 0) is 18.8 Å². The fourth-order valence-electron chi connectivity index (χ4n) is 2.67. The van der Waals surface area contributed by atoms with E-state index in [0.717, 1.165) is 25.7 Å². The number of hydrogen-bond acceptors (Lipinski definition) is 5. The number of nitrogens with one attached hydrogen (secondary N) is 2.